The average Bonchev–Trinajstić information content (AvgIpc) is 2.68. The molecule has 3 heteroatoms. The van der Waals surface area contributed by atoms with Crippen LogP contribution in [-0.2, 0) is 9.53 Å². The number of allylic oxidation sites excluding steroid dienone is 4. The SMILES string of the molecule is C=CCC(C(=O)OC)C1(CC=C)CCC=C1Br. The van der Waals surface area contributed by atoms with Crippen molar-refractivity contribution in [3.8, 4) is 0 Å². The maximum atomic E-state index is 12.0. The molecule has 17 heavy (non-hydrogen) atoms. The highest BCUT2D eigenvalue weighted by atomic mass is 79.9. The van der Waals surface area contributed by atoms with E-state index in [1.54, 1.807) is 6.08 Å². The van der Waals surface area contributed by atoms with E-state index < -0.39 is 0 Å². The molecule has 1 aliphatic carbocycles. The Kier molecular flexibility index (Phi) is 5.19. The van der Waals surface area contributed by atoms with E-state index in [4.69, 9.17) is 4.74 Å². The molecule has 1 aliphatic rings. The van der Waals surface area contributed by atoms with E-state index >= 15 is 0 Å². The summed E-state index contributed by atoms with van der Waals surface area (Å²) in [5.74, 6) is -0.352. The molecule has 0 saturated carbocycles. The summed E-state index contributed by atoms with van der Waals surface area (Å²) in [6.45, 7) is 7.54. The van der Waals surface area contributed by atoms with Crippen LogP contribution in [0.5, 0.6) is 0 Å². The van der Waals surface area contributed by atoms with Gasteiger partial charge in [0, 0.05) is 5.41 Å². The highest BCUT2D eigenvalue weighted by Gasteiger charge is 2.45. The summed E-state index contributed by atoms with van der Waals surface area (Å²) in [5, 5.41) is 0. The van der Waals surface area contributed by atoms with Crippen LogP contribution in [-0.4, -0.2) is 13.1 Å². The number of hydrogen-bond acceptors (Lipinski definition) is 2. The number of carbonyl (C=O) groups is 1. The third kappa shape index (κ3) is 2.71. The summed E-state index contributed by atoms with van der Waals surface area (Å²) in [4.78, 5) is 12.0. The van der Waals surface area contributed by atoms with E-state index in [2.05, 4.69) is 35.2 Å². The van der Waals surface area contributed by atoms with E-state index in [1.807, 2.05) is 6.08 Å². The Hall–Kier alpha value is -0.830. The molecular formula is C14H19BrO2. The van der Waals surface area contributed by atoms with E-state index in [0.29, 0.717) is 6.42 Å². The van der Waals surface area contributed by atoms with Crippen LogP contribution >= 0.6 is 15.9 Å². The highest BCUT2D eigenvalue weighted by Crippen LogP contribution is 2.52. The first-order valence-corrected chi connectivity index (χ1v) is 6.57. The van der Waals surface area contributed by atoms with Crippen LogP contribution in [0.3, 0.4) is 0 Å². The number of esters is 1. The lowest BCUT2D eigenvalue weighted by Crippen LogP contribution is -2.35. The summed E-state index contributed by atoms with van der Waals surface area (Å²) in [6.07, 6.45) is 9.14. The van der Waals surface area contributed by atoms with Gasteiger partial charge in [-0.15, -0.1) is 13.2 Å². The molecule has 94 valence electrons. The topological polar surface area (TPSA) is 26.3 Å². The van der Waals surface area contributed by atoms with E-state index in [-0.39, 0.29) is 17.3 Å². The Balaban J connectivity index is 3.09. The second-order valence-corrected chi connectivity index (χ2v) is 5.19. The van der Waals surface area contributed by atoms with Gasteiger partial charge in [0.05, 0.1) is 13.0 Å². The predicted octanol–water partition coefficient (Wildman–Crippen LogP) is 3.99. The zero-order valence-electron chi connectivity index (χ0n) is 10.2. The van der Waals surface area contributed by atoms with E-state index in [0.717, 1.165) is 23.7 Å². The van der Waals surface area contributed by atoms with Crippen LogP contribution in [0, 0.1) is 11.3 Å². The zero-order chi connectivity index (χ0) is 12.9. The molecule has 0 aliphatic heterocycles. The van der Waals surface area contributed by atoms with Gasteiger partial charge in [0.15, 0.2) is 0 Å². The normalized spacial score (nSPS) is 24.9. The van der Waals surface area contributed by atoms with Crippen molar-refractivity contribution in [3.63, 3.8) is 0 Å². The number of carbonyl (C=O) groups excluding carboxylic acids is 1. The quantitative estimate of drug-likeness (QED) is 0.547. The average molecular weight is 299 g/mol. The monoisotopic (exact) mass is 298 g/mol. The lowest BCUT2D eigenvalue weighted by Gasteiger charge is -2.35. The van der Waals surface area contributed by atoms with Gasteiger partial charge in [-0.2, -0.15) is 0 Å². The van der Waals surface area contributed by atoms with Crippen LogP contribution < -0.4 is 0 Å². The van der Waals surface area contributed by atoms with Crippen LogP contribution in [0.25, 0.3) is 0 Å². The molecule has 0 N–H and O–H groups in total. The fourth-order valence-electron chi connectivity index (χ4n) is 2.58. The molecule has 0 saturated heterocycles. The van der Waals surface area contributed by atoms with Gasteiger partial charge in [-0.1, -0.05) is 34.2 Å². The first-order chi connectivity index (χ1) is 8.12. The third-order valence-electron chi connectivity index (χ3n) is 3.45. The lowest BCUT2D eigenvalue weighted by molar-refractivity contribution is -0.149. The van der Waals surface area contributed by atoms with Crippen molar-refractivity contribution >= 4 is 21.9 Å². The summed E-state index contributed by atoms with van der Waals surface area (Å²) >= 11 is 3.60. The standard InChI is InChI=1S/C14H19BrO2/c1-4-7-11(13(16)17-3)14(9-5-2)10-6-8-12(14)15/h4-5,8,11H,1-2,6-7,9-10H2,3H3. The first kappa shape index (κ1) is 14.2. The predicted molar refractivity (Wildman–Crippen MR) is 73.8 cm³/mol. The fourth-order valence-corrected chi connectivity index (χ4v) is 3.44. The van der Waals surface area contributed by atoms with Crippen LogP contribution in [0.15, 0.2) is 35.9 Å². The number of halogens is 1. The van der Waals surface area contributed by atoms with Crippen LogP contribution in [0.4, 0.5) is 0 Å². The van der Waals surface area contributed by atoms with Crippen molar-refractivity contribution in [2.24, 2.45) is 11.3 Å². The van der Waals surface area contributed by atoms with Crippen molar-refractivity contribution in [3.05, 3.63) is 35.9 Å². The summed E-state index contributed by atoms with van der Waals surface area (Å²) in [7, 11) is 1.44. The molecule has 0 radical (unpaired) electrons. The van der Waals surface area contributed by atoms with E-state index in [1.165, 1.54) is 7.11 Å². The zero-order valence-corrected chi connectivity index (χ0v) is 11.8. The number of methoxy groups -OCH3 is 1. The maximum Gasteiger partial charge on any atom is 0.309 e. The molecule has 0 aromatic heterocycles. The van der Waals surface area contributed by atoms with Crippen molar-refractivity contribution in [1.82, 2.24) is 0 Å². The second-order valence-electron chi connectivity index (χ2n) is 4.34. The molecule has 0 fully saturated rings. The van der Waals surface area contributed by atoms with Crippen molar-refractivity contribution in [1.29, 1.82) is 0 Å². The Morgan fingerprint density at radius 2 is 2.35 bits per heavy atom. The largest absolute Gasteiger partial charge is 0.469 e. The van der Waals surface area contributed by atoms with Gasteiger partial charge in [0.1, 0.15) is 0 Å². The molecule has 0 bridgehead atoms. The molecule has 2 atom stereocenters. The minimum Gasteiger partial charge on any atom is -0.469 e. The molecule has 1 rings (SSSR count). The summed E-state index contributed by atoms with van der Waals surface area (Å²) in [6, 6.07) is 0. The molecular weight excluding hydrogens is 280 g/mol. The summed E-state index contributed by atoms with van der Waals surface area (Å²) in [5.41, 5.74) is -0.191. The molecule has 2 unspecified atom stereocenters. The fraction of sp³-hybridized carbons (Fsp3) is 0.500. The van der Waals surface area contributed by atoms with Gasteiger partial charge < -0.3 is 4.74 Å². The molecule has 0 amide bonds. The number of ether oxygens (including phenoxy) is 1. The summed E-state index contributed by atoms with van der Waals surface area (Å²) < 4.78 is 6.03. The van der Waals surface area contributed by atoms with Gasteiger partial charge in [0.25, 0.3) is 0 Å². The van der Waals surface area contributed by atoms with Crippen LogP contribution in [0.2, 0.25) is 0 Å². The highest BCUT2D eigenvalue weighted by molar-refractivity contribution is 9.11. The van der Waals surface area contributed by atoms with Crippen molar-refractivity contribution < 1.29 is 9.53 Å². The van der Waals surface area contributed by atoms with E-state index in [9.17, 15) is 4.79 Å². The Bertz CT molecular complexity index is 346. The molecule has 2 nitrogen and oxygen atoms in total. The molecule has 0 aromatic rings. The Labute approximate surface area is 112 Å². The van der Waals surface area contributed by atoms with Gasteiger partial charge >= 0.3 is 5.97 Å². The second kappa shape index (κ2) is 6.20. The minimum atomic E-state index is -0.191. The maximum absolute atomic E-state index is 12.0. The minimum absolute atomic E-state index is 0.168. The number of hydrogen-bond donors (Lipinski definition) is 0. The Morgan fingerprint density at radius 3 is 2.76 bits per heavy atom. The Morgan fingerprint density at radius 1 is 1.65 bits per heavy atom. The third-order valence-corrected chi connectivity index (χ3v) is 4.57. The molecule has 0 heterocycles. The number of rotatable bonds is 6. The lowest BCUT2D eigenvalue weighted by atomic mass is 9.71. The molecule has 0 aromatic carbocycles. The first-order valence-electron chi connectivity index (χ1n) is 5.78. The van der Waals surface area contributed by atoms with Crippen molar-refractivity contribution in [2.75, 3.05) is 7.11 Å². The van der Waals surface area contributed by atoms with Crippen molar-refractivity contribution in [2.45, 2.75) is 25.7 Å². The van der Waals surface area contributed by atoms with Gasteiger partial charge in [0.2, 0.25) is 0 Å². The smallest absolute Gasteiger partial charge is 0.309 e. The van der Waals surface area contributed by atoms with Gasteiger partial charge in [-0.3, -0.25) is 4.79 Å². The van der Waals surface area contributed by atoms with Gasteiger partial charge in [-0.25, -0.2) is 0 Å². The van der Waals surface area contributed by atoms with Gasteiger partial charge in [-0.05, 0) is 30.2 Å². The van der Waals surface area contributed by atoms with Crippen LogP contribution in [0.1, 0.15) is 25.7 Å². The molecule has 0 spiro atoms.